The van der Waals surface area contributed by atoms with Gasteiger partial charge < -0.3 is 10.2 Å². The van der Waals surface area contributed by atoms with Crippen molar-refractivity contribution < 1.29 is 13.2 Å². The van der Waals surface area contributed by atoms with Crippen molar-refractivity contribution in [3.63, 3.8) is 0 Å². The number of hydrogen-bond donors (Lipinski definition) is 1. The van der Waals surface area contributed by atoms with E-state index in [2.05, 4.69) is 34.0 Å². The number of nitrogens with one attached hydrogen (secondary N) is 1. The van der Waals surface area contributed by atoms with Crippen molar-refractivity contribution in [2.75, 3.05) is 25.0 Å². The molecule has 0 radical (unpaired) electrons. The number of hydrogen-bond acceptors (Lipinski definition) is 4. The van der Waals surface area contributed by atoms with E-state index in [0.717, 1.165) is 32.5 Å². The average Bonchev–Trinajstić information content (AvgIpc) is 2.55. The quantitative estimate of drug-likeness (QED) is 0.896. The Labute approximate surface area is 145 Å². The average molecular weight is 352 g/mol. The number of fused-ring (bicyclic) bond motifs is 1. The van der Waals surface area contributed by atoms with E-state index in [1.54, 1.807) is 24.3 Å². The standard InChI is InChI=1S/C18H23F3N4/c1-12(2)11-25-9-7-13(8-10-25)22-16-14-5-3-4-6-15(14)23-17(24-16)18(19,20)21/h3-6,12-13H,7-11H2,1-2H3,(H,22,23,24). The second-order valence-corrected chi connectivity index (χ2v) is 7.02. The van der Waals surface area contributed by atoms with Crippen molar-refractivity contribution in [1.82, 2.24) is 14.9 Å². The first-order valence-corrected chi connectivity index (χ1v) is 8.66. The molecule has 1 saturated heterocycles. The lowest BCUT2D eigenvalue weighted by Crippen LogP contribution is -2.40. The van der Waals surface area contributed by atoms with Crippen LogP contribution in [0.2, 0.25) is 0 Å². The predicted molar refractivity (Wildman–Crippen MR) is 92.5 cm³/mol. The van der Waals surface area contributed by atoms with Crippen LogP contribution in [0.3, 0.4) is 0 Å². The van der Waals surface area contributed by atoms with Gasteiger partial charge in [-0.3, -0.25) is 0 Å². The Morgan fingerprint density at radius 2 is 1.84 bits per heavy atom. The second-order valence-electron chi connectivity index (χ2n) is 7.02. The summed E-state index contributed by atoms with van der Waals surface area (Å²) in [5, 5.41) is 3.86. The largest absolute Gasteiger partial charge is 0.451 e. The zero-order valence-electron chi connectivity index (χ0n) is 14.5. The summed E-state index contributed by atoms with van der Waals surface area (Å²) in [4.78, 5) is 9.84. The lowest BCUT2D eigenvalue weighted by atomic mass is 10.0. The molecule has 1 aromatic heterocycles. The van der Waals surface area contributed by atoms with E-state index in [9.17, 15) is 13.2 Å². The Morgan fingerprint density at radius 1 is 1.16 bits per heavy atom. The summed E-state index contributed by atoms with van der Waals surface area (Å²) < 4.78 is 39.3. The van der Waals surface area contributed by atoms with Crippen LogP contribution in [0.5, 0.6) is 0 Å². The number of aromatic nitrogens is 2. The molecule has 2 heterocycles. The Balaban J connectivity index is 1.79. The van der Waals surface area contributed by atoms with Gasteiger partial charge >= 0.3 is 6.18 Å². The molecular formula is C18H23F3N4. The van der Waals surface area contributed by atoms with E-state index < -0.39 is 12.0 Å². The van der Waals surface area contributed by atoms with Gasteiger partial charge in [0.15, 0.2) is 0 Å². The molecule has 1 aliphatic heterocycles. The van der Waals surface area contributed by atoms with Gasteiger partial charge in [-0.1, -0.05) is 26.0 Å². The van der Waals surface area contributed by atoms with Crippen LogP contribution in [0.1, 0.15) is 32.5 Å². The third-order valence-electron chi connectivity index (χ3n) is 4.41. The third kappa shape index (κ3) is 4.39. The summed E-state index contributed by atoms with van der Waals surface area (Å²) in [6, 6.07) is 6.94. The summed E-state index contributed by atoms with van der Waals surface area (Å²) in [5.41, 5.74) is 0.310. The molecule has 1 N–H and O–H groups in total. The summed E-state index contributed by atoms with van der Waals surface area (Å²) in [6.45, 7) is 7.34. The highest BCUT2D eigenvalue weighted by Gasteiger charge is 2.35. The van der Waals surface area contributed by atoms with E-state index in [1.807, 2.05) is 0 Å². The molecule has 0 saturated carbocycles. The molecule has 4 nitrogen and oxygen atoms in total. The summed E-state index contributed by atoms with van der Waals surface area (Å²) >= 11 is 0. The SMILES string of the molecule is CC(C)CN1CCC(Nc2nc(C(F)(F)F)nc3ccccc23)CC1. The topological polar surface area (TPSA) is 41.0 Å². The van der Waals surface area contributed by atoms with Gasteiger partial charge in [-0.2, -0.15) is 13.2 Å². The highest BCUT2D eigenvalue weighted by molar-refractivity contribution is 5.89. The lowest BCUT2D eigenvalue weighted by Gasteiger charge is -2.33. The van der Waals surface area contributed by atoms with E-state index in [1.165, 1.54) is 0 Å². The number of piperidine rings is 1. The fourth-order valence-corrected chi connectivity index (χ4v) is 3.28. The molecule has 1 aromatic carbocycles. The Kier molecular flexibility index (Phi) is 5.13. The van der Waals surface area contributed by atoms with Crippen LogP contribution < -0.4 is 5.32 Å². The molecule has 2 aromatic rings. The van der Waals surface area contributed by atoms with E-state index in [0.29, 0.717) is 16.8 Å². The van der Waals surface area contributed by atoms with Gasteiger partial charge in [-0.05, 0) is 30.9 Å². The van der Waals surface area contributed by atoms with E-state index in [-0.39, 0.29) is 11.9 Å². The van der Waals surface area contributed by atoms with Crippen LogP contribution in [0, 0.1) is 5.92 Å². The fraction of sp³-hybridized carbons (Fsp3) is 0.556. The molecule has 0 bridgehead atoms. The highest BCUT2D eigenvalue weighted by Crippen LogP contribution is 2.31. The number of anilines is 1. The van der Waals surface area contributed by atoms with Crippen molar-refractivity contribution in [3.8, 4) is 0 Å². The minimum absolute atomic E-state index is 0.128. The van der Waals surface area contributed by atoms with Crippen LogP contribution in [0.15, 0.2) is 24.3 Å². The van der Waals surface area contributed by atoms with Crippen LogP contribution in [0.4, 0.5) is 19.0 Å². The van der Waals surface area contributed by atoms with Crippen LogP contribution in [0.25, 0.3) is 10.9 Å². The Bertz CT molecular complexity index is 722. The first-order valence-electron chi connectivity index (χ1n) is 8.66. The molecule has 1 aliphatic rings. The second kappa shape index (κ2) is 7.15. The normalized spacial score (nSPS) is 17.4. The molecule has 136 valence electrons. The zero-order valence-corrected chi connectivity index (χ0v) is 14.5. The predicted octanol–water partition coefficient (Wildman–Crippen LogP) is 4.18. The maximum Gasteiger partial charge on any atom is 0.451 e. The maximum atomic E-state index is 13.1. The monoisotopic (exact) mass is 352 g/mol. The van der Waals surface area contributed by atoms with Crippen molar-refractivity contribution in [2.24, 2.45) is 5.92 Å². The van der Waals surface area contributed by atoms with Crippen LogP contribution >= 0.6 is 0 Å². The lowest BCUT2D eigenvalue weighted by molar-refractivity contribution is -0.144. The molecule has 0 unspecified atom stereocenters. The summed E-state index contributed by atoms with van der Waals surface area (Å²) in [6.07, 6.45) is -2.76. The smallest absolute Gasteiger partial charge is 0.367 e. The molecule has 3 rings (SSSR count). The van der Waals surface area contributed by atoms with Crippen molar-refractivity contribution in [2.45, 2.75) is 38.9 Å². The van der Waals surface area contributed by atoms with Crippen LogP contribution in [-0.2, 0) is 6.18 Å². The van der Waals surface area contributed by atoms with Gasteiger partial charge in [0.25, 0.3) is 0 Å². The fourth-order valence-electron chi connectivity index (χ4n) is 3.28. The first kappa shape index (κ1) is 17.9. The number of rotatable bonds is 4. The van der Waals surface area contributed by atoms with Crippen molar-refractivity contribution in [3.05, 3.63) is 30.1 Å². The molecule has 0 amide bonds. The maximum absolute atomic E-state index is 13.1. The number of benzene rings is 1. The molecule has 1 fully saturated rings. The minimum Gasteiger partial charge on any atom is -0.367 e. The molecule has 0 spiro atoms. The molecule has 25 heavy (non-hydrogen) atoms. The van der Waals surface area contributed by atoms with Gasteiger partial charge in [0.2, 0.25) is 5.82 Å². The third-order valence-corrected chi connectivity index (χ3v) is 4.41. The van der Waals surface area contributed by atoms with Gasteiger partial charge in [0.05, 0.1) is 5.52 Å². The van der Waals surface area contributed by atoms with Gasteiger partial charge in [0, 0.05) is 31.1 Å². The number of halogens is 3. The summed E-state index contributed by atoms with van der Waals surface area (Å²) in [5.74, 6) is -0.198. The number of para-hydroxylation sites is 1. The van der Waals surface area contributed by atoms with Crippen molar-refractivity contribution >= 4 is 16.7 Å². The Morgan fingerprint density at radius 3 is 2.48 bits per heavy atom. The van der Waals surface area contributed by atoms with Gasteiger partial charge in [-0.15, -0.1) is 0 Å². The first-order chi connectivity index (χ1) is 11.8. The molecule has 7 heteroatoms. The number of alkyl halides is 3. The Hall–Kier alpha value is -1.89. The molecular weight excluding hydrogens is 329 g/mol. The zero-order chi connectivity index (χ0) is 18.0. The van der Waals surface area contributed by atoms with E-state index in [4.69, 9.17) is 0 Å². The summed E-state index contributed by atoms with van der Waals surface area (Å²) in [7, 11) is 0. The molecule has 0 aliphatic carbocycles. The van der Waals surface area contributed by atoms with Crippen molar-refractivity contribution in [1.29, 1.82) is 0 Å². The van der Waals surface area contributed by atoms with E-state index >= 15 is 0 Å². The van der Waals surface area contributed by atoms with Gasteiger partial charge in [-0.25, -0.2) is 9.97 Å². The number of nitrogens with zero attached hydrogens (tertiary/aromatic N) is 3. The minimum atomic E-state index is -4.55. The van der Waals surface area contributed by atoms with Crippen LogP contribution in [-0.4, -0.2) is 40.5 Å². The number of likely N-dealkylation sites (tertiary alicyclic amines) is 1. The van der Waals surface area contributed by atoms with Gasteiger partial charge in [0.1, 0.15) is 5.82 Å². The highest BCUT2D eigenvalue weighted by atomic mass is 19.4. The molecule has 0 atom stereocenters.